The molecule has 1 amide bonds. The van der Waals surface area contributed by atoms with Crippen molar-refractivity contribution in [1.29, 1.82) is 0 Å². The Morgan fingerprint density at radius 2 is 1.86 bits per heavy atom. The maximum Gasteiger partial charge on any atom is 0.260 e. The van der Waals surface area contributed by atoms with Gasteiger partial charge in [0.15, 0.2) is 6.10 Å². The van der Waals surface area contributed by atoms with Crippen LogP contribution in [0.25, 0.3) is 22.3 Å². The number of carbonyl (C=O) groups excluding carboxylic acids is 1. The minimum atomic E-state index is -0.565. The minimum Gasteiger partial charge on any atom is -0.481 e. The van der Waals surface area contributed by atoms with Crippen LogP contribution in [-0.2, 0) is 11.2 Å². The number of para-hydroxylation sites is 2. The van der Waals surface area contributed by atoms with Crippen LogP contribution < -0.4 is 10.1 Å². The number of nitrogens with zero attached hydrogens (tertiary/aromatic N) is 2. The zero-order valence-electron chi connectivity index (χ0n) is 16.0. The number of carbonyl (C=O) groups is 1. The number of nitrogens with one attached hydrogen (secondary N) is 1. The van der Waals surface area contributed by atoms with Gasteiger partial charge in [0.1, 0.15) is 5.75 Å². The molecule has 0 aliphatic rings. The van der Waals surface area contributed by atoms with Crippen molar-refractivity contribution in [2.45, 2.75) is 19.4 Å². The molecule has 0 spiro atoms. The van der Waals surface area contributed by atoms with Gasteiger partial charge in [-0.25, -0.2) is 4.98 Å². The average Bonchev–Trinajstić information content (AvgIpc) is 3.27. The van der Waals surface area contributed by atoms with E-state index >= 15 is 0 Å². The van der Waals surface area contributed by atoms with Crippen molar-refractivity contribution in [3.05, 3.63) is 77.1 Å². The highest BCUT2D eigenvalue weighted by Gasteiger charge is 2.14. The molecule has 0 aliphatic carbocycles. The van der Waals surface area contributed by atoms with Crippen molar-refractivity contribution >= 4 is 28.3 Å². The van der Waals surface area contributed by atoms with Gasteiger partial charge in [0.05, 0.1) is 22.9 Å². The Morgan fingerprint density at radius 3 is 2.62 bits per heavy atom. The topological polar surface area (TPSA) is 64.1 Å². The molecule has 1 atom stereocenters. The fourth-order valence-electron chi connectivity index (χ4n) is 2.97. The van der Waals surface area contributed by atoms with Gasteiger partial charge < -0.3 is 10.1 Å². The quantitative estimate of drug-likeness (QED) is 0.494. The third kappa shape index (κ3) is 4.78. The molecule has 0 radical (unpaired) electrons. The van der Waals surface area contributed by atoms with E-state index in [1.807, 2.05) is 60.0 Å². The van der Waals surface area contributed by atoms with Crippen LogP contribution in [0.15, 0.2) is 72.2 Å². The standard InChI is InChI=1S/C23H21N3O2S/c1-16(23(27)24-13-12-19-5-4-14-29-19)28-18-10-8-17(9-11-18)22-15-25-20-6-2-3-7-21(20)26-22/h2-11,14-16H,12-13H2,1H3,(H,24,27). The average molecular weight is 404 g/mol. The summed E-state index contributed by atoms with van der Waals surface area (Å²) >= 11 is 1.69. The molecule has 29 heavy (non-hydrogen) atoms. The zero-order chi connectivity index (χ0) is 20.1. The highest BCUT2D eigenvalue weighted by atomic mass is 32.1. The predicted octanol–water partition coefficient (Wildman–Crippen LogP) is 4.48. The molecule has 2 aromatic heterocycles. The first-order chi connectivity index (χ1) is 14.2. The maximum atomic E-state index is 12.2. The van der Waals surface area contributed by atoms with Crippen LogP contribution in [0.1, 0.15) is 11.8 Å². The number of thiophene rings is 1. The fourth-order valence-corrected chi connectivity index (χ4v) is 3.67. The van der Waals surface area contributed by atoms with Gasteiger partial charge in [-0.2, -0.15) is 0 Å². The summed E-state index contributed by atoms with van der Waals surface area (Å²) in [6.45, 7) is 2.36. The number of fused-ring (bicyclic) bond motifs is 1. The Kier molecular flexibility index (Phi) is 5.81. The molecule has 2 heterocycles. The molecule has 0 bridgehead atoms. The maximum absolute atomic E-state index is 12.2. The van der Waals surface area contributed by atoms with Crippen LogP contribution >= 0.6 is 11.3 Å². The number of rotatable bonds is 7. The van der Waals surface area contributed by atoms with Gasteiger partial charge in [-0.15, -0.1) is 11.3 Å². The summed E-state index contributed by atoms with van der Waals surface area (Å²) in [5.74, 6) is 0.523. The van der Waals surface area contributed by atoms with Crippen LogP contribution in [-0.4, -0.2) is 28.5 Å². The number of amides is 1. The predicted molar refractivity (Wildman–Crippen MR) is 116 cm³/mol. The van der Waals surface area contributed by atoms with Gasteiger partial charge in [-0.1, -0.05) is 18.2 Å². The van der Waals surface area contributed by atoms with E-state index in [1.165, 1.54) is 4.88 Å². The van der Waals surface area contributed by atoms with Gasteiger partial charge in [0.25, 0.3) is 5.91 Å². The summed E-state index contributed by atoms with van der Waals surface area (Å²) in [6.07, 6.45) is 2.03. The minimum absolute atomic E-state index is 0.119. The molecule has 6 heteroatoms. The van der Waals surface area contributed by atoms with E-state index in [1.54, 1.807) is 24.5 Å². The van der Waals surface area contributed by atoms with Crippen LogP contribution in [0.5, 0.6) is 5.75 Å². The van der Waals surface area contributed by atoms with Gasteiger partial charge in [0.2, 0.25) is 0 Å². The molecule has 4 rings (SSSR count). The monoisotopic (exact) mass is 403 g/mol. The molecule has 5 nitrogen and oxygen atoms in total. The summed E-state index contributed by atoms with van der Waals surface area (Å²) in [6, 6.07) is 19.4. The molecule has 2 aromatic carbocycles. The lowest BCUT2D eigenvalue weighted by molar-refractivity contribution is -0.127. The third-order valence-electron chi connectivity index (χ3n) is 4.53. The molecule has 1 unspecified atom stereocenters. The lowest BCUT2D eigenvalue weighted by Gasteiger charge is -2.15. The van der Waals surface area contributed by atoms with Gasteiger partial charge in [-0.3, -0.25) is 9.78 Å². The highest BCUT2D eigenvalue weighted by Crippen LogP contribution is 2.22. The summed E-state index contributed by atoms with van der Waals surface area (Å²) in [7, 11) is 0. The molecule has 0 aliphatic heterocycles. The number of hydrogen-bond donors (Lipinski definition) is 1. The summed E-state index contributed by atoms with van der Waals surface area (Å²) in [5.41, 5.74) is 3.48. The normalized spacial score (nSPS) is 11.9. The SMILES string of the molecule is CC(Oc1ccc(-c2cnc3ccccc3n2)cc1)C(=O)NCCc1cccs1. The Balaban J connectivity index is 1.35. The van der Waals surface area contributed by atoms with Crippen molar-refractivity contribution in [3.63, 3.8) is 0 Å². The number of aromatic nitrogens is 2. The Bertz CT molecular complexity index is 1090. The Hall–Kier alpha value is -3.25. The molecule has 4 aromatic rings. The van der Waals surface area contributed by atoms with Crippen LogP contribution in [0.2, 0.25) is 0 Å². The van der Waals surface area contributed by atoms with E-state index < -0.39 is 6.10 Å². The molecule has 1 N–H and O–H groups in total. The van der Waals surface area contributed by atoms with Crippen LogP contribution in [0, 0.1) is 0 Å². The van der Waals surface area contributed by atoms with E-state index in [0.717, 1.165) is 28.7 Å². The van der Waals surface area contributed by atoms with Crippen molar-refractivity contribution in [2.75, 3.05) is 6.54 Å². The van der Waals surface area contributed by atoms with E-state index in [2.05, 4.69) is 21.4 Å². The number of hydrogen-bond acceptors (Lipinski definition) is 5. The Morgan fingerprint density at radius 1 is 1.07 bits per heavy atom. The van der Waals surface area contributed by atoms with Gasteiger partial charge in [0, 0.05) is 17.0 Å². The van der Waals surface area contributed by atoms with Crippen LogP contribution in [0.3, 0.4) is 0 Å². The second-order valence-electron chi connectivity index (χ2n) is 6.65. The second-order valence-corrected chi connectivity index (χ2v) is 7.68. The molecular weight excluding hydrogens is 382 g/mol. The van der Waals surface area contributed by atoms with Crippen molar-refractivity contribution in [3.8, 4) is 17.0 Å². The van der Waals surface area contributed by atoms with E-state index in [-0.39, 0.29) is 5.91 Å². The lowest BCUT2D eigenvalue weighted by atomic mass is 10.1. The largest absolute Gasteiger partial charge is 0.481 e. The lowest BCUT2D eigenvalue weighted by Crippen LogP contribution is -2.37. The first-order valence-corrected chi connectivity index (χ1v) is 10.4. The molecule has 0 fully saturated rings. The van der Waals surface area contributed by atoms with Gasteiger partial charge >= 0.3 is 0 Å². The molecule has 0 saturated heterocycles. The number of benzene rings is 2. The fraction of sp³-hybridized carbons (Fsp3) is 0.174. The summed E-state index contributed by atoms with van der Waals surface area (Å²) in [4.78, 5) is 22.6. The molecule has 146 valence electrons. The van der Waals surface area contributed by atoms with Gasteiger partial charge in [-0.05, 0) is 61.2 Å². The smallest absolute Gasteiger partial charge is 0.260 e. The van der Waals surface area contributed by atoms with E-state index in [9.17, 15) is 4.79 Å². The van der Waals surface area contributed by atoms with Crippen molar-refractivity contribution in [2.24, 2.45) is 0 Å². The first-order valence-electron chi connectivity index (χ1n) is 9.48. The first kappa shape index (κ1) is 19.1. The summed E-state index contributed by atoms with van der Waals surface area (Å²) < 4.78 is 5.78. The van der Waals surface area contributed by atoms with Crippen molar-refractivity contribution < 1.29 is 9.53 Å². The number of ether oxygens (including phenoxy) is 1. The zero-order valence-corrected chi connectivity index (χ0v) is 16.9. The Labute approximate surface area is 173 Å². The van der Waals surface area contributed by atoms with Crippen LogP contribution in [0.4, 0.5) is 0 Å². The van der Waals surface area contributed by atoms with E-state index in [0.29, 0.717) is 12.3 Å². The highest BCUT2D eigenvalue weighted by molar-refractivity contribution is 7.09. The second kappa shape index (κ2) is 8.84. The van der Waals surface area contributed by atoms with E-state index in [4.69, 9.17) is 4.74 Å². The van der Waals surface area contributed by atoms with Crippen molar-refractivity contribution in [1.82, 2.24) is 15.3 Å². The summed E-state index contributed by atoms with van der Waals surface area (Å²) in [5, 5.41) is 4.96. The molecular formula is C23H21N3O2S. The third-order valence-corrected chi connectivity index (χ3v) is 5.47. The molecule has 0 saturated carbocycles.